The first kappa shape index (κ1) is 14.6. The van der Waals surface area contributed by atoms with Gasteiger partial charge in [-0.25, -0.2) is 5.01 Å². The Bertz CT molecular complexity index is 512. The molecule has 0 saturated carbocycles. The standard InChI is InChI=1S/C16H21N3OS/c20-16-7-6-15(13-4-2-1-3-5-13)18-19(16)10-9-17-14-8-11-21-12-14/h1-5,14,17H,6-12H2/t14-/m1/s1. The second-order valence-corrected chi connectivity index (χ2v) is 6.59. The predicted molar refractivity (Wildman–Crippen MR) is 87.7 cm³/mol. The van der Waals surface area contributed by atoms with Crippen LogP contribution in [0.3, 0.4) is 0 Å². The van der Waals surface area contributed by atoms with Gasteiger partial charge in [0.05, 0.1) is 12.3 Å². The molecule has 0 radical (unpaired) electrons. The first-order chi connectivity index (χ1) is 10.3. The number of hydrazone groups is 1. The largest absolute Gasteiger partial charge is 0.311 e. The molecule has 112 valence electrons. The summed E-state index contributed by atoms with van der Waals surface area (Å²) in [5.41, 5.74) is 2.14. The maximum atomic E-state index is 12.0. The Balaban J connectivity index is 1.58. The molecule has 0 aliphatic carbocycles. The molecule has 0 bridgehead atoms. The monoisotopic (exact) mass is 303 g/mol. The van der Waals surface area contributed by atoms with Gasteiger partial charge in [0.25, 0.3) is 0 Å². The lowest BCUT2D eigenvalue weighted by Crippen LogP contribution is -2.39. The van der Waals surface area contributed by atoms with Crippen molar-refractivity contribution in [3.05, 3.63) is 35.9 Å². The van der Waals surface area contributed by atoms with Gasteiger partial charge in [-0.3, -0.25) is 4.79 Å². The molecule has 4 nitrogen and oxygen atoms in total. The molecule has 2 aliphatic heterocycles. The number of carbonyl (C=O) groups excluding carboxylic acids is 1. The van der Waals surface area contributed by atoms with Gasteiger partial charge in [0.1, 0.15) is 0 Å². The van der Waals surface area contributed by atoms with Crippen LogP contribution < -0.4 is 5.32 Å². The van der Waals surface area contributed by atoms with E-state index in [0.29, 0.717) is 19.0 Å². The quantitative estimate of drug-likeness (QED) is 0.906. The minimum absolute atomic E-state index is 0.136. The summed E-state index contributed by atoms with van der Waals surface area (Å²) in [6, 6.07) is 10.7. The highest BCUT2D eigenvalue weighted by atomic mass is 32.2. The van der Waals surface area contributed by atoms with Crippen molar-refractivity contribution in [3.63, 3.8) is 0 Å². The van der Waals surface area contributed by atoms with E-state index in [1.807, 2.05) is 30.0 Å². The van der Waals surface area contributed by atoms with Crippen LogP contribution in [0.2, 0.25) is 0 Å². The first-order valence-corrected chi connectivity index (χ1v) is 8.73. The second kappa shape index (κ2) is 7.09. The van der Waals surface area contributed by atoms with E-state index in [2.05, 4.69) is 22.6 Å². The molecule has 2 aliphatic rings. The average molecular weight is 303 g/mol. The third kappa shape index (κ3) is 3.86. The van der Waals surface area contributed by atoms with Crippen LogP contribution in [0.15, 0.2) is 35.4 Å². The number of nitrogens with one attached hydrogen (secondary N) is 1. The maximum Gasteiger partial charge on any atom is 0.243 e. The van der Waals surface area contributed by atoms with Crippen LogP contribution in [0.4, 0.5) is 0 Å². The van der Waals surface area contributed by atoms with Crippen molar-refractivity contribution in [3.8, 4) is 0 Å². The van der Waals surface area contributed by atoms with E-state index in [1.165, 1.54) is 17.9 Å². The van der Waals surface area contributed by atoms with Crippen molar-refractivity contribution in [2.24, 2.45) is 5.10 Å². The van der Waals surface area contributed by atoms with Gasteiger partial charge < -0.3 is 5.32 Å². The molecule has 1 aromatic rings. The molecule has 3 rings (SSSR count). The fourth-order valence-corrected chi connectivity index (χ4v) is 3.87. The molecule has 1 aromatic carbocycles. The van der Waals surface area contributed by atoms with E-state index in [4.69, 9.17) is 0 Å². The van der Waals surface area contributed by atoms with E-state index in [9.17, 15) is 4.79 Å². The average Bonchev–Trinajstić information content (AvgIpc) is 3.03. The van der Waals surface area contributed by atoms with Crippen LogP contribution in [0, 0.1) is 0 Å². The number of rotatable bonds is 5. The second-order valence-electron chi connectivity index (χ2n) is 5.44. The fourth-order valence-electron chi connectivity index (χ4n) is 2.68. The normalized spacial score (nSPS) is 22.5. The number of hydrogen-bond donors (Lipinski definition) is 1. The van der Waals surface area contributed by atoms with E-state index < -0.39 is 0 Å². The molecular formula is C16H21N3OS. The lowest BCUT2D eigenvalue weighted by atomic mass is 10.0. The van der Waals surface area contributed by atoms with Crippen molar-refractivity contribution in [2.75, 3.05) is 24.6 Å². The van der Waals surface area contributed by atoms with E-state index in [1.54, 1.807) is 5.01 Å². The smallest absolute Gasteiger partial charge is 0.243 e. The zero-order chi connectivity index (χ0) is 14.5. The van der Waals surface area contributed by atoms with Crippen LogP contribution in [0.5, 0.6) is 0 Å². The minimum atomic E-state index is 0.136. The van der Waals surface area contributed by atoms with Gasteiger partial charge in [-0.05, 0) is 17.7 Å². The summed E-state index contributed by atoms with van der Waals surface area (Å²) in [6.45, 7) is 1.48. The minimum Gasteiger partial charge on any atom is -0.311 e. The maximum absolute atomic E-state index is 12.0. The van der Waals surface area contributed by atoms with Gasteiger partial charge in [0, 0.05) is 31.2 Å². The molecule has 1 fully saturated rings. The Kier molecular flexibility index (Phi) is 4.93. The molecule has 5 heteroatoms. The zero-order valence-corrected chi connectivity index (χ0v) is 12.9. The molecule has 1 atom stereocenters. The Morgan fingerprint density at radius 2 is 2.14 bits per heavy atom. The van der Waals surface area contributed by atoms with Gasteiger partial charge in [-0.15, -0.1) is 0 Å². The predicted octanol–water partition coefficient (Wildman–Crippen LogP) is 2.11. The summed E-state index contributed by atoms with van der Waals surface area (Å²) in [7, 11) is 0. The molecule has 0 spiro atoms. The fraction of sp³-hybridized carbons (Fsp3) is 0.500. The Morgan fingerprint density at radius 1 is 1.29 bits per heavy atom. The summed E-state index contributed by atoms with van der Waals surface area (Å²) in [4.78, 5) is 12.0. The highest BCUT2D eigenvalue weighted by molar-refractivity contribution is 7.99. The van der Waals surface area contributed by atoms with Gasteiger partial charge in [-0.2, -0.15) is 16.9 Å². The summed E-state index contributed by atoms with van der Waals surface area (Å²) < 4.78 is 0. The SMILES string of the molecule is O=C1CCC(c2ccccc2)=NN1CCN[C@@H]1CCSC1. The first-order valence-electron chi connectivity index (χ1n) is 7.57. The Labute approximate surface area is 130 Å². The zero-order valence-electron chi connectivity index (χ0n) is 12.1. The van der Waals surface area contributed by atoms with Gasteiger partial charge in [0.2, 0.25) is 5.91 Å². The van der Waals surface area contributed by atoms with Crippen LogP contribution in [0.1, 0.15) is 24.8 Å². The third-order valence-corrected chi connectivity index (χ3v) is 5.06. The van der Waals surface area contributed by atoms with E-state index in [0.717, 1.165) is 24.2 Å². The number of amides is 1. The number of benzene rings is 1. The van der Waals surface area contributed by atoms with Crippen LogP contribution in [-0.2, 0) is 4.79 Å². The van der Waals surface area contributed by atoms with Crippen molar-refractivity contribution in [1.82, 2.24) is 10.3 Å². The van der Waals surface area contributed by atoms with Crippen LogP contribution >= 0.6 is 11.8 Å². The molecule has 1 saturated heterocycles. The lowest BCUT2D eigenvalue weighted by Gasteiger charge is -2.24. The molecule has 0 aromatic heterocycles. The topological polar surface area (TPSA) is 44.7 Å². The third-order valence-electron chi connectivity index (χ3n) is 3.90. The lowest BCUT2D eigenvalue weighted by molar-refractivity contribution is -0.131. The van der Waals surface area contributed by atoms with Gasteiger partial charge in [0.15, 0.2) is 0 Å². The van der Waals surface area contributed by atoms with Crippen molar-refractivity contribution < 1.29 is 4.79 Å². The molecule has 0 unspecified atom stereocenters. The molecule has 21 heavy (non-hydrogen) atoms. The van der Waals surface area contributed by atoms with Gasteiger partial charge >= 0.3 is 0 Å². The van der Waals surface area contributed by atoms with Crippen LogP contribution in [0.25, 0.3) is 0 Å². The highest BCUT2D eigenvalue weighted by Crippen LogP contribution is 2.17. The van der Waals surface area contributed by atoms with E-state index >= 15 is 0 Å². The highest BCUT2D eigenvalue weighted by Gasteiger charge is 2.21. The Hall–Kier alpha value is -1.33. The Morgan fingerprint density at radius 3 is 2.90 bits per heavy atom. The number of carbonyl (C=O) groups is 1. The molecular weight excluding hydrogens is 282 g/mol. The molecule has 1 N–H and O–H groups in total. The number of hydrogen-bond acceptors (Lipinski definition) is 4. The molecule has 2 heterocycles. The summed E-state index contributed by atoms with van der Waals surface area (Å²) in [5, 5.41) is 9.71. The number of nitrogens with zero attached hydrogens (tertiary/aromatic N) is 2. The number of thioether (sulfide) groups is 1. The summed E-state index contributed by atoms with van der Waals surface area (Å²) in [5.74, 6) is 2.57. The van der Waals surface area contributed by atoms with E-state index in [-0.39, 0.29) is 5.91 Å². The van der Waals surface area contributed by atoms with Crippen molar-refractivity contribution >= 4 is 23.4 Å². The molecule has 1 amide bonds. The van der Waals surface area contributed by atoms with Gasteiger partial charge in [-0.1, -0.05) is 30.3 Å². The summed E-state index contributed by atoms with van der Waals surface area (Å²) in [6.07, 6.45) is 2.54. The van der Waals surface area contributed by atoms with Crippen LogP contribution in [-0.4, -0.2) is 47.3 Å². The van der Waals surface area contributed by atoms with Crippen molar-refractivity contribution in [2.45, 2.75) is 25.3 Å². The summed E-state index contributed by atoms with van der Waals surface area (Å²) >= 11 is 2.00. The van der Waals surface area contributed by atoms with Crippen molar-refractivity contribution in [1.29, 1.82) is 0 Å².